The number of halogens is 5. The minimum absolute atomic E-state index is 0. The standard InChI is InChI=1S/C25H21Cl2F3N2O7S.2H2O/c1-37-11-12-38-19-7-4-16(22(14-19)39-23-21(27)13-17(15-31-23)25(28,29)30)3-2-10-32(24(33)34)40(35,36)20-8-5-18(26)6-9-20;;/h2-9,13-15H,10-12H2,1H3,(H,33,34);2*1H2/b3-2+;;. The van der Waals surface area contributed by atoms with Gasteiger partial charge in [-0.1, -0.05) is 35.4 Å². The van der Waals surface area contributed by atoms with E-state index in [4.69, 9.17) is 37.4 Å². The number of methoxy groups -OCH3 is 1. The van der Waals surface area contributed by atoms with Gasteiger partial charge in [-0.2, -0.15) is 17.5 Å². The number of rotatable bonds is 11. The van der Waals surface area contributed by atoms with Crippen molar-refractivity contribution < 1.29 is 56.7 Å². The van der Waals surface area contributed by atoms with Gasteiger partial charge in [-0.3, -0.25) is 0 Å². The van der Waals surface area contributed by atoms with Crippen LogP contribution in [-0.4, -0.2) is 66.7 Å². The summed E-state index contributed by atoms with van der Waals surface area (Å²) in [6.07, 6.45) is -3.22. The zero-order chi connectivity index (χ0) is 29.5. The van der Waals surface area contributed by atoms with Gasteiger partial charge in [0.25, 0.3) is 10.0 Å². The van der Waals surface area contributed by atoms with Gasteiger partial charge in [0.2, 0.25) is 5.88 Å². The molecule has 11 nitrogen and oxygen atoms in total. The quantitative estimate of drug-likeness (QED) is 0.281. The Hall–Kier alpha value is -3.60. The van der Waals surface area contributed by atoms with Crippen molar-refractivity contribution in [2.75, 3.05) is 26.9 Å². The molecule has 1 heterocycles. The number of aromatic nitrogens is 1. The summed E-state index contributed by atoms with van der Waals surface area (Å²) in [4.78, 5) is 15.2. The highest BCUT2D eigenvalue weighted by Crippen LogP contribution is 2.36. The molecule has 0 saturated carbocycles. The van der Waals surface area contributed by atoms with E-state index < -0.39 is 39.4 Å². The smallest absolute Gasteiger partial charge is 0.421 e. The van der Waals surface area contributed by atoms with Crippen molar-refractivity contribution in [2.24, 2.45) is 0 Å². The molecule has 0 atom stereocenters. The Bertz CT molecular complexity index is 1490. The molecule has 17 heteroatoms. The average Bonchev–Trinajstić information content (AvgIpc) is 2.88. The maximum absolute atomic E-state index is 13.0. The molecule has 3 aromatic rings. The van der Waals surface area contributed by atoms with Gasteiger partial charge in [0.1, 0.15) is 23.1 Å². The summed E-state index contributed by atoms with van der Waals surface area (Å²) in [7, 11) is -2.95. The van der Waals surface area contributed by atoms with Gasteiger partial charge in [0.15, 0.2) is 0 Å². The fourth-order valence-corrected chi connectivity index (χ4v) is 4.67. The predicted molar refractivity (Wildman–Crippen MR) is 148 cm³/mol. The topological polar surface area (TPSA) is 178 Å². The molecule has 1 aromatic heterocycles. The number of sulfonamides is 1. The van der Waals surface area contributed by atoms with Crippen LogP contribution in [0.15, 0.2) is 65.7 Å². The van der Waals surface area contributed by atoms with Gasteiger partial charge >= 0.3 is 12.3 Å². The van der Waals surface area contributed by atoms with Crippen LogP contribution in [0.5, 0.6) is 17.4 Å². The predicted octanol–water partition coefficient (Wildman–Crippen LogP) is 4.96. The third-order valence-corrected chi connectivity index (χ3v) is 7.34. The number of nitrogens with zero attached hydrogens (tertiary/aromatic N) is 2. The largest absolute Gasteiger partial charge is 0.491 e. The molecular weight excluding hydrogens is 632 g/mol. The molecular formula is C25H25Cl2F3N2O9S. The van der Waals surface area contributed by atoms with E-state index >= 15 is 0 Å². The maximum atomic E-state index is 13.0. The Morgan fingerprint density at radius 2 is 1.74 bits per heavy atom. The van der Waals surface area contributed by atoms with Gasteiger partial charge in [-0.25, -0.2) is 18.2 Å². The average molecular weight is 657 g/mol. The number of hydrogen-bond acceptors (Lipinski definition) is 7. The van der Waals surface area contributed by atoms with E-state index in [1.807, 2.05) is 0 Å². The minimum Gasteiger partial charge on any atom is -0.491 e. The van der Waals surface area contributed by atoms with E-state index in [1.54, 1.807) is 6.07 Å². The van der Waals surface area contributed by atoms with E-state index in [9.17, 15) is 31.5 Å². The molecule has 42 heavy (non-hydrogen) atoms. The molecule has 0 aliphatic carbocycles. The molecule has 5 N–H and O–H groups in total. The second kappa shape index (κ2) is 15.6. The van der Waals surface area contributed by atoms with Gasteiger partial charge in [0.05, 0.1) is 23.6 Å². The summed E-state index contributed by atoms with van der Waals surface area (Å²) in [6.45, 7) is -0.122. The molecule has 0 radical (unpaired) electrons. The van der Waals surface area contributed by atoms with Crippen molar-refractivity contribution in [3.63, 3.8) is 0 Å². The number of alkyl halides is 3. The first-order chi connectivity index (χ1) is 18.8. The second-order valence-electron chi connectivity index (χ2n) is 7.83. The Morgan fingerprint density at radius 3 is 2.31 bits per heavy atom. The molecule has 0 fully saturated rings. The van der Waals surface area contributed by atoms with E-state index in [2.05, 4.69) is 4.98 Å². The van der Waals surface area contributed by atoms with Crippen LogP contribution in [0.3, 0.4) is 0 Å². The lowest BCUT2D eigenvalue weighted by molar-refractivity contribution is -0.137. The van der Waals surface area contributed by atoms with Crippen LogP contribution in [0, 0.1) is 0 Å². The van der Waals surface area contributed by atoms with Gasteiger partial charge in [-0.05, 0) is 42.5 Å². The van der Waals surface area contributed by atoms with Crippen molar-refractivity contribution in [3.05, 3.63) is 82.0 Å². The summed E-state index contributed by atoms with van der Waals surface area (Å²) in [5, 5.41) is 9.41. The van der Waals surface area contributed by atoms with E-state index in [-0.39, 0.29) is 55.6 Å². The third-order valence-electron chi connectivity index (χ3n) is 5.07. The summed E-state index contributed by atoms with van der Waals surface area (Å²) >= 11 is 11.8. The molecule has 0 aliphatic heterocycles. The first-order valence-corrected chi connectivity index (χ1v) is 13.4. The molecule has 0 bridgehead atoms. The first-order valence-electron chi connectivity index (χ1n) is 11.2. The second-order valence-corrected chi connectivity index (χ2v) is 10.5. The number of ether oxygens (including phenoxy) is 3. The molecule has 0 unspecified atom stereocenters. The summed E-state index contributed by atoms with van der Waals surface area (Å²) in [5.41, 5.74) is -0.789. The molecule has 0 saturated heterocycles. The summed E-state index contributed by atoms with van der Waals surface area (Å²) in [6, 6.07) is 10.1. The van der Waals surface area contributed by atoms with Gasteiger partial charge < -0.3 is 30.3 Å². The lowest BCUT2D eigenvalue weighted by Crippen LogP contribution is -2.35. The Balaban J connectivity index is 0.00000441. The highest BCUT2D eigenvalue weighted by molar-refractivity contribution is 7.89. The van der Waals surface area contributed by atoms with Crippen molar-refractivity contribution in [2.45, 2.75) is 11.1 Å². The lowest BCUT2D eigenvalue weighted by atomic mass is 10.1. The van der Waals surface area contributed by atoms with Crippen molar-refractivity contribution in [1.29, 1.82) is 0 Å². The highest BCUT2D eigenvalue weighted by atomic mass is 35.5. The fourth-order valence-electron chi connectivity index (χ4n) is 3.12. The van der Waals surface area contributed by atoms with Crippen LogP contribution >= 0.6 is 23.2 Å². The number of carboxylic acid groups (broad SMARTS) is 1. The van der Waals surface area contributed by atoms with E-state index in [0.29, 0.717) is 18.0 Å². The zero-order valence-corrected chi connectivity index (χ0v) is 23.9. The molecule has 1 amide bonds. The summed E-state index contributed by atoms with van der Waals surface area (Å²) < 4.78 is 81.1. The lowest BCUT2D eigenvalue weighted by Gasteiger charge is -2.18. The van der Waals surface area contributed by atoms with Crippen LogP contribution in [0.25, 0.3) is 6.08 Å². The highest BCUT2D eigenvalue weighted by Gasteiger charge is 2.32. The summed E-state index contributed by atoms with van der Waals surface area (Å²) in [5.74, 6) is 0.00306. The Labute approximate surface area is 248 Å². The number of carbonyl (C=O) groups is 1. The zero-order valence-electron chi connectivity index (χ0n) is 21.6. The molecule has 0 spiro atoms. The Morgan fingerprint density at radius 1 is 1.07 bits per heavy atom. The van der Waals surface area contributed by atoms with Crippen molar-refractivity contribution in [3.8, 4) is 17.4 Å². The number of pyridine rings is 1. The number of benzene rings is 2. The number of amides is 1. The first kappa shape index (κ1) is 36.4. The third kappa shape index (κ3) is 9.47. The van der Waals surface area contributed by atoms with Crippen LogP contribution in [0.4, 0.5) is 18.0 Å². The fraction of sp³-hybridized carbons (Fsp3) is 0.200. The normalized spacial score (nSPS) is 11.4. The molecule has 0 aliphatic rings. The maximum Gasteiger partial charge on any atom is 0.421 e. The number of hydrogen-bond donors (Lipinski definition) is 1. The minimum atomic E-state index is -4.67. The van der Waals surface area contributed by atoms with Crippen LogP contribution in [0.1, 0.15) is 11.1 Å². The van der Waals surface area contributed by atoms with Crippen LogP contribution < -0.4 is 9.47 Å². The Kier molecular flexibility index (Phi) is 13.5. The van der Waals surface area contributed by atoms with Crippen molar-refractivity contribution >= 4 is 45.4 Å². The molecule has 2 aromatic carbocycles. The monoisotopic (exact) mass is 656 g/mol. The SMILES string of the molecule is COCCOc1ccc(/C=C/CN(C(=O)O)S(=O)(=O)c2ccc(Cl)cc2)c(Oc2ncc(C(F)(F)F)cc2Cl)c1.O.O. The van der Waals surface area contributed by atoms with Gasteiger partial charge in [0, 0.05) is 30.0 Å². The van der Waals surface area contributed by atoms with Gasteiger partial charge in [-0.15, -0.1) is 0 Å². The van der Waals surface area contributed by atoms with Crippen LogP contribution in [0.2, 0.25) is 10.0 Å². The van der Waals surface area contributed by atoms with E-state index in [0.717, 1.165) is 0 Å². The molecule has 3 rings (SSSR count). The molecule has 230 valence electrons. The van der Waals surface area contributed by atoms with E-state index in [1.165, 1.54) is 55.7 Å². The van der Waals surface area contributed by atoms with Crippen LogP contribution in [-0.2, 0) is 20.9 Å². The van der Waals surface area contributed by atoms with Crippen molar-refractivity contribution in [1.82, 2.24) is 9.29 Å².